The van der Waals surface area contributed by atoms with Crippen LogP contribution in [-0.4, -0.2) is 0 Å². The molecule has 0 bridgehead atoms. The molecule has 0 spiro atoms. The SMILES string of the molecule is CC(C)(C)c1ccc(C2Cc3ccccc3C2)cc1. The van der Waals surface area contributed by atoms with E-state index >= 15 is 0 Å². The fraction of sp³-hybridized carbons (Fsp3) is 0.368. The molecule has 0 heterocycles. The molecule has 0 fully saturated rings. The zero-order chi connectivity index (χ0) is 13.5. The van der Waals surface area contributed by atoms with Gasteiger partial charge in [0.25, 0.3) is 0 Å². The molecule has 0 N–H and O–H groups in total. The molecule has 0 atom stereocenters. The van der Waals surface area contributed by atoms with Crippen LogP contribution in [-0.2, 0) is 18.3 Å². The van der Waals surface area contributed by atoms with E-state index in [1.54, 1.807) is 0 Å². The van der Waals surface area contributed by atoms with Gasteiger partial charge in [0.2, 0.25) is 0 Å². The van der Waals surface area contributed by atoms with Crippen molar-refractivity contribution in [1.29, 1.82) is 0 Å². The van der Waals surface area contributed by atoms with Crippen molar-refractivity contribution in [3.8, 4) is 0 Å². The molecule has 0 saturated carbocycles. The summed E-state index contributed by atoms with van der Waals surface area (Å²) >= 11 is 0. The molecule has 0 heteroatoms. The standard InChI is InChI=1S/C19H22/c1-19(2,3)18-10-8-14(9-11-18)17-12-15-6-4-5-7-16(15)13-17/h4-11,17H,12-13H2,1-3H3. The summed E-state index contributed by atoms with van der Waals surface area (Å²) in [6.45, 7) is 6.81. The van der Waals surface area contributed by atoms with Crippen molar-refractivity contribution in [3.63, 3.8) is 0 Å². The fourth-order valence-corrected chi connectivity index (χ4v) is 3.05. The molecule has 0 aliphatic heterocycles. The molecule has 1 aliphatic rings. The quantitative estimate of drug-likeness (QED) is 0.677. The molecular formula is C19H22. The molecule has 0 amide bonds. The van der Waals surface area contributed by atoms with Gasteiger partial charge in [-0.2, -0.15) is 0 Å². The van der Waals surface area contributed by atoms with E-state index in [-0.39, 0.29) is 5.41 Å². The summed E-state index contributed by atoms with van der Waals surface area (Å²) in [4.78, 5) is 0. The molecule has 2 aromatic carbocycles. The highest BCUT2D eigenvalue weighted by Gasteiger charge is 2.22. The molecule has 1 aliphatic carbocycles. The van der Waals surface area contributed by atoms with Crippen LogP contribution in [0.5, 0.6) is 0 Å². The predicted octanol–water partition coefficient (Wildman–Crippen LogP) is 4.87. The maximum Gasteiger partial charge on any atom is -0.00808 e. The van der Waals surface area contributed by atoms with Gasteiger partial charge in [0, 0.05) is 0 Å². The van der Waals surface area contributed by atoms with E-state index in [0.29, 0.717) is 5.92 Å². The van der Waals surface area contributed by atoms with Gasteiger partial charge >= 0.3 is 0 Å². The van der Waals surface area contributed by atoms with Crippen LogP contribution in [0.1, 0.15) is 48.9 Å². The molecule has 98 valence electrons. The third-order valence-corrected chi connectivity index (χ3v) is 4.30. The molecule has 0 nitrogen and oxygen atoms in total. The van der Waals surface area contributed by atoms with E-state index < -0.39 is 0 Å². The normalized spacial score (nSPS) is 15.5. The van der Waals surface area contributed by atoms with Crippen molar-refractivity contribution in [3.05, 3.63) is 70.8 Å². The molecular weight excluding hydrogens is 228 g/mol. The Morgan fingerprint density at radius 3 is 1.79 bits per heavy atom. The first-order chi connectivity index (χ1) is 9.04. The second-order valence-corrected chi connectivity index (χ2v) is 6.75. The maximum atomic E-state index is 2.33. The van der Waals surface area contributed by atoms with Crippen molar-refractivity contribution in [1.82, 2.24) is 0 Å². The van der Waals surface area contributed by atoms with Crippen LogP contribution in [0.3, 0.4) is 0 Å². The number of benzene rings is 2. The molecule has 3 rings (SSSR count). The summed E-state index contributed by atoms with van der Waals surface area (Å²) in [5, 5.41) is 0. The van der Waals surface area contributed by atoms with E-state index in [4.69, 9.17) is 0 Å². The van der Waals surface area contributed by atoms with Crippen LogP contribution in [0.4, 0.5) is 0 Å². The van der Waals surface area contributed by atoms with E-state index in [2.05, 4.69) is 69.3 Å². The van der Waals surface area contributed by atoms with Crippen molar-refractivity contribution in [2.24, 2.45) is 0 Å². The minimum Gasteiger partial charge on any atom is -0.0620 e. The third kappa shape index (κ3) is 2.45. The summed E-state index contributed by atoms with van der Waals surface area (Å²) in [6.07, 6.45) is 2.40. The minimum absolute atomic E-state index is 0.247. The van der Waals surface area contributed by atoms with E-state index in [9.17, 15) is 0 Å². The van der Waals surface area contributed by atoms with Crippen molar-refractivity contribution in [2.75, 3.05) is 0 Å². The van der Waals surface area contributed by atoms with Gasteiger partial charge in [-0.05, 0) is 46.4 Å². The molecule has 0 aromatic heterocycles. The van der Waals surface area contributed by atoms with Gasteiger partial charge in [-0.1, -0.05) is 69.3 Å². The maximum absolute atomic E-state index is 2.33. The summed E-state index contributed by atoms with van der Waals surface area (Å²) < 4.78 is 0. The topological polar surface area (TPSA) is 0 Å². The predicted molar refractivity (Wildman–Crippen MR) is 81.7 cm³/mol. The van der Waals surface area contributed by atoms with Crippen molar-refractivity contribution < 1.29 is 0 Å². The monoisotopic (exact) mass is 250 g/mol. The van der Waals surface area contributed by atoms with Crippen molar-refractivity contribution >= 4 is 0 Å². The Kier molecular flexibility index (Phi) is 2.97. The zero-order valence-corrected chi connectivity index (χ0v) is 12.1. The molecule has 0 radical (unpaired) electrons. The lowest BCUT2D eigenvalue weighted by atomic mass is 9.85. The number of hydrogen-bond donors (Lipinski definition) is 0. The lowest BCUT2D eigenvalue weighted by molar-refractivity contribution is 0.589. The smallest absolute Gasteiger partial charge is 0.00808 e. The van der Waals surface area contributed by atoms with Crippen LogP contribution in [0, 0.1) is 0 Å². The van der Waals surface area contributed by atoms with Gasteiger partial charge in [-0.3, -0.25) is 0 Å². The molecule has 0 saturated heterocycles. The molecule has 0 unspecified atom stereocenters. The van der Waals surface area contributed by atoms with E-state index in [0.717, 1.165) is 0 Å². The van der Waals surface area contributed by atoms with Crippen LogP contribution in [0.25, 0.3) is 0 Å². The first-order valence-corrected chi connectivity index (χ1v) is 7.21. The van der Waals surface area contributed by atoms with Crippen molar-refractivity contribution in [2.45, 2.75) is 44.9 Å². The Hall–Kier alpha value is -1.56. The molecule has 19 heavy (non-hydrogen) atoms. The Morgan fingerprint density at radius 1 is 0.789 bits per heavy atom. The van der Waals surface area contributed by atoms with Crippen LogP contribution in [0.2, 0.25) is 0 Å². The van der Waals surface area contributed by atoms with E-state index in [1.807, 2.05) is 0 Å². The zero-order valence-electron chi connectivity index (χ0n) is 12.1. The van der Waals surface area contributed by atoms with Crippen LogP contribution in [0.15, 0.2) is 48.5 Å². The first-order valence-electron chi connectivity index (χ1n) is 7.21. The number of hydrogen-bond acceptors (Lipinski definition) is 0. The first kappa shape index (κ1) is 12.5. The Bertz CT molecular complexity index is 545. The highest BCUT2D eigenvalue weighted by atomic mass is 14.3. The van der Waals surface area contributed by atoms with Gasteiger partial charge in [-0.15, -0.1) is 0 Å². The molecule has 2 aromatic rings. The van der Waals surface area contributed by atoms with Gasteiger partial charge in [0.1, 0.15) is 0 Å². The lowest BCUT2D eigenvalue weighted by Crippen LogP contribution is -2.11. The number of fused-ring (bicyclic) bond motifs is 1. The average molecular weight is 250 g/mol. The fourth-order valence-electron chi connectivity index (χ4n) is 3.05. The van der Waals surface area contributed by atoms with Gasteiger partial charge in [0.05, 0.1) is 0 Å². The Morgan fingerprint density at radius 2 is 1.32 bits per heavy atom. The van der Waals surface area contributed by atoms with Crippen LogP contribution >= 0.6 is 0 Å². The van der Waals surface area contributed by atoms with Gasteiger partial charge < -0.3 is 0 Å². The van der Waals surface area contributed by atoms with Gasteiger partial charge in [0.15, 0.2) is 0 Å². The Labute approximate surface area is 116 Å². The second kappa shape index (κ2) is 4.52. The van der Waals surface area contributed by atoms with E-state index in [1.165, 1.54) is 35.1 Å². The minimum atomic E-state index is 0.247. The lowest BCUT2D eigenvalue weighted by Gasteiger charge is -2.20. The van der Waals surface area contributed by atoms with Gasteiger partial charge in [-0.25, -0.2) is 0 Å². The highest BCUT2D eigenvalue weighted by molar-refractivity contribution is 5.39. The second-order valence-electron chi connectivity index (χ2n) is 6.75. The summed E-state index contributed by atoms with van der Waals surface area (Å²) in [5.41, 5.74) is 6.23. The summed E-state index contributed by atoms with van der Waals surface area (Å²) in [6, 6.07) is 18.1. The largest absolute Gasteiger partial charge is 0.0620 e. The van der Waals surface area contributed by atoms with Crippen LogP contribution < -0.4 is 0 Å². The number of rotatable bonds is 1. The summed E-state index contributed by atoms with van der Waals surface area (Å²) in [7, 11) is 0. The Balaban J connectivity index is 1.82. The summed E-state index contributed by atoms with van der Waals surface area (Å²) in [5.74, 6) is 0.673. The highest BCUT2D eigenvalue weighted by Crippen LogP contribution is 2.34. The average Bonchev–Trinajstić information content (AvgIpc) is 2.81. The third-order valence-electron chi connectivity index (χ3n) is 4.30.